The van der Waals surface area contributed by atoms with E-state index in [2.05, 4.69) is 13.2 Å². The summed E-state index contributed by atoms with van der Waals surface area (Å²) in [6.07, 6.45) is 15.4. The van der Waals surface area contributed by atoms with Crippen molar-refractivity contribution in [1.82, 2.24) is 0 Å². The van der Waals surface area contributed by atoms with E-state index in [0.29, 0.717) is 37.9 Å². The molecule has 3 fully saturated rings. The van der Waals surface area contributed by atoms with Crippen molar-refractivity contribution in [2.75, 3.05) is 19.8 Å². The Hall–Kier alpha value is -1.78. The molecule has 278 valence electrons. The van der Waals surface area contributed by atoms with Gasteiger partial charge in [-0.2, -0.15) is 0 Å². The smallest absolute Gasteiger partial charge is 0.338 e. The normalized spacial score (nSPS) is 27.6. The van der Waals surface area contributed by atoms with Gasteiger partial charge in [0.15, 0.2) is 17.5 Å². The van der Waals surface area contributed by atoms with Crippen molar-refractivity contribution in [3.8, 4) is 0 Å². The zero-order valence-corrected chi connectivity index (χ0v) is 31.5. The lowest BCUT2D eigenvalue weighted by molar-refractivity contribution is -0.200. The highest BCUT2D eigenvalue weighted by Gasteiger charge is 2.40. The molecule has 2 aliphatic carbocycles. The predicted molar refractivity (Wildman–Crippen MR) is 188 cm³/mol. The van der Waals surface area contributed by atoms with Crippen molar-refractivity contribution < 1.29 is 43.1 Å². The number of aliphatic hydroxyl groups is 1. The van der Waals surface area contributed by atoms with Gasteiger partial charge in [0.1, 0.15) is 11.2 Å². The van der Waals surface area contributed by atoms with E-state index < -0.39 is 22.4 Å². The minimum Gasteiger partial charge on any atom is -0.458 e. The zero-order valence-electron chi connectivity index (χ0n) is 31.5. The summed E-state index contributed by atoms with van der Waals surface area (Å²) in [5, 5.41) is 9.71. The molecule has 1 N–H and O–H groups in total. The average molecular weight is 681 g/mol. The van der Waals surface area contributed by atoms with Crippen molar-refractivity contribution >= 4 is 11.9 Å². The first kappa shape index (κ1) is 42.4. The van der Waals surface area contributed by atoms with Gasteiger partial charge in [0, 0.05) is 19.4 Å². The molecule has 0 aromatic carbocycles. The van der Waals surface area contributed by atoms with Gasteiger partial charge in [0.25, 0.3) is 0 Å². The Morgan fingerprint density at radius 1 is 0.708 bits per heavy atom. The summed E-state index contributed by atoms with van der Waals surface area (Å²) in [5.41, 5.74) is -3.07. The molecular weight excluding hydrogens is 612 g/mol. The van der Waals surface area contributed by atoms with Crippen LogP contribution in [0.1, 0.15) is 139 Å². The van der Waals surface area contributed by atoms with Crippen LogP contribution >= 0.6 is 0 Å². The van der Waals surface area contributed by atoms with Crippen LogP contribution in [0.3, 0.4) is 0 Å². The SMILES string of the molecule is C=CCC(C)(OC[C@@H]1CCC[C@H](O)C1)C(=O)OC(C)(C)C.C=CCC(C)(OC[C@@H]1CCC[C@H](OC2CCCCO2)C1)C(=O)OC(C)(C)C. The monoisotopic (exact) mass is 680 g/mol. The van der Waals surface area contributed by atoms with E-state index in [9.17, 15) is 14.7 Å². The third-order valence-corrected chi connectivity index (χ3v) is 8.98. The fourth-order valence-electron chi connectivity index (χ4n) is 6.29. The van der Waals surface area contributed by atoms with Crippen molar-refractivity contribution in [3.05, 3.63) is 25.3 Å². The number of hydrogen-bond donors (Lipinski definition) is 1. The van der Waals surface area contributed by atoms with Crippen LogP contribution in [0.4, 0.5) is 0 Å². The average Bonchev–Trinajstić information content (AvgIpc) is 2.99. The Morgan fingerprint density at radius 3 is 1.65 bits per heavy atom. The molecule has 3 aliphatic rings. The Balaban J connectivity index is 0.000000345. The van der Waals surface area contributed by atoms with Gasteiger partial charge in [-0.1, -0.05) is 25.0 Å². The summed E-state index contributed by atoms with van der Waals surface area (Å²) in [6.45, 7) is 24.0. The Morgan fingerprint density at radius 2 is 1.21 bits per heavy atom. The van der Waals surface area contributed by atoms with Crippen molar-refractivity contribution in [2.24, 2.45) is 11.8 Å². The number of hydrogen-bond acceptors (Lipinski definition) is 9. The Kier molecular flexibility index (Phi) is 17.3. The molecule has 1 aliphatic heterocycles. The lowest BCUT2D eigenvalue weighted by Gasteiger charge is -2.35. The Bertz CT molecular complexity index is 992. The number of aliphatic hydroxyl groups excluding tert-OH is 1. The molecule has 3 unspecified atom stereocenters. The highest BCUT2D eigenvalue weighted by molar-refractivity contribution is 5.80. The second-order valence-electron chi connectivity index (χ2n) is 16.3. The molecule has 2 saturated carbocycles. The van der Waals surface area contributed by atoms with E-state index in [0.717, 1.165) is 70.8 Å². The van der Waals surface area contributed by atoms with Crippen LogP contribution in [-0.2, 0) is 38.0 Å². The number of ether oxygens (including phenoxy) is 6. The molecule has 48 heavy (non-hydrogen) atoms. The van der Waals surface area contributed by atoms with Crippen LogP contribution < -0.4 is 0 Å². The van der Waals surface area contributed by atoms with Crippen molar-refractivity contribution in [1.29, 1.82) is 0 Å². The molecule has 1 heterocycles. The number of rotatable bonds is 14. The van der Waals surface area contributed by atoms with Gasteiger partial charge in [0.05, 0.1) is 25.4 Å². The number of carbonyl (C=O) groups excluding carboxylic acids is 2. The first-order chi connectivity index (χ1) is 22.4. The summed E-state index contributed by atoms with van der Waals surface area (Å²) in [6, 6.07) is 0. The van der Waals surface area contributed by atoms with E-state index in [1.165, 1.54) is 6.42 Å². The molecule has 7 atom stereocenters. The lowest BCUT2D eigenvalue weighted by atomic mass is 9.87. The molecule has 0 bridgehead atoms. The van der Waals surface area contributed by atoms with Crippen LogP contribution in [0.5, 0.6) is 0 Å². The molecule has 0 amide bonds. The van der Waals surface area contributed by atoms with Gasteiger partial charge in [-0.3, -0.25) is 0 Å². The largest absolute Gasteiger partial charge is 0.458 e. The van der Waals surface area contributed by atoms with Gasteiger partial charge < -0.3 is 33.5 Å². The van der Waals surface area contributed by atoms with Gasteiger partial charge >= 0.3 is 11.9 Å². The first-order valence-corrected chi connectivity index (χ1v) is 18.3. The maximum atomic E-state index is 12.6. The fourth-order valence-corrected chi connectivity index (χ4v) is 6.29. The van der Waals surface area contributed by atoms with Gasteiger partial charge in [-0.15, -0.1) is 13.2 Å². The minimum atomic E-state index is -1.00. The molecule has 0 aromatic rings. The highest BCUT2D eigenvalue weighted by atomic mass is 16.7. The lowest BCUT2D eigenvalue weighted by Crippen LogP contribution is -2.44. The van der Waals surface area contributed by atoms with E-state index >= 15 is 0 Å². The number of carbonyl (C=O) groups is 2. The fraction of sp³-hybridized carbons (Fsp3) is 0.846. The zero-order chi connectivity index (χ0) is 36.0. The van der Waals surface area contributed by atoms with E-state index in [-0.39, 0.29) is 30.4 Å². The van der Waals surface area contributed by atoms with Crippen LogP contribution in [0.2, 0.25) is 0 Å². The summed E-state index contributed by atoms with van der Waals surface area (Å²) >= 11 is 0. The molecule has 1 saturated heterocycles. The van der Waals surface area contributed by atoms with E-state index in [4.69, 9.17) is 28.4 Å². The maximum Gasteiger partial charge on any atom is 0.338 e. The van der Waals surface area contributed by atoms with Crippen LogP contribution in [0, 0.1) is 11.8 Å². The molecule has 9 nitrogen and oxygen atoms in total. The van der Waals surface area contributed by atoms with Crippen molar-refractivity contribution in [2.45, 2.75) is 180 Å². The van der Waals surface area contributed by atoms with E-state index in [1.54, 1.807) is 26.0 Å². The standard InChI is InChI=1S/C22H38O5.C17H30O4/c1-6-13-22(5,20(23)27-21(2,3)4)25-16-17-10-9-11-18(15-17)26-19-12-7-8-14-24-19;1-6-10-17(5,15(19)21-16(2,3)4)20-12-13-8-7-9-14(18)11-13/h6,17-19H,1,7-16H2,2-5H3;6,13-14,18H,1,7-12H2,2-5H3/t17-,18+,19?,22?;13-,14+,17?/m11/s1. The van der Waals surface area contributed by atoms with E-state index in [1.807, 2.05) is 41.5 Å². The summed E-state index contributed by atoms with van der Waals surface area (Å²) in [7, 11) is 0. The topological polar surface area (TPSA) is 110 Å². The Labute approximate surface area is 291 Å². The minimum absolute atomic E-state index is 0.0452. The first-order valence-electron chi connectivity index (χ1n) is 18.3. The highest BCUT2D eigenvalue weighted by Crippen LogP contribution is 2.32. The molecule has 0 aromatic heterocycles. The summed E-state index contributed by atoms with van der Waals surface area (Å²) < 4.78 is 34.9. The third-order valence-electron chi connectivity index (χ3n) is 8.98. The van der Waals surface area contributed by atoms with Gasteiger partial charge in [-0.25, -0.2) is 9.59 Å². The quantitative estimate of drug-likeness (QED) is 0.144. The van der Waals surface area contributed by atoms with Crippen LogP contribution in [0.25, 0.3) is 0 Å². The third kappa shape index (κ3) is 15.8. The van der Waals surface area contributed by atoms with Gasteiger partial charge in [-0.05, 0) is 125 Å². The molecule has 3 rings (SSSR count). The molecule has 0 radical (unpaired) electrons. The second kappa shape index (κ2) is 19.6. The summed E-state index contributed by atoms with van der Waals surface area (Å²) in [4.78, 5) is 25.0. The molecule has 9 heteroatoms. The second-order valence-corrected chi connectivity index (χ2v) is 16.3. The number of esters is 2. The van der Waals surface area contributed by atoms with Crippen LogP contribution in [-0.4, -0.2) is 77.8 Å². The van der Waals surface area contributed by atoms with Gasteiger partial charge in [0.2, 0.25) is 0 Å². The molecule has 0 spiro atoms. The predicted octanol–water partition coefficient (Wildman–Crippen LogP) is 8.01. The summed E-state index contributed by atoms with van der Waals surface area (Å²) in [5.74, 6) is 0.0135. The van der Waals surface area contributed by atoms with Crippen LogP contribution in [0.15, 0.2) is 25.3 Å². The van der Waals surface area contributed by atoms with Crippen molar-refractivity contribution in [3.63, 3.8) is 0 Å². The maximum absolute atomic E-state index is 12.6. The molecular formula is C39H68O9.